The molecule has 0 bridgehead atoms. The second-order valence-electron chi connectivity index (χ2n) is 11.3. The standard InChI is InChI=1S/C27H42O/c1-18(2)7-6-8-19(3)23-11-12-24-22-10-9-20-17-21(28)13-15-26(20,4)25(22)14-16-27(23,24)5/h7,12,19-21,23,28H,6,8-11,13-17H2,1-5H3/t19?,20-,21-,23+,26-,27+/m0/s1. The first kappa shape index (κ1) is 20.5. The zero-order chi connectivity index (χ0) is 20.1. The lowest BCUT2D eigenvalue weighted by Gasteiger charge is -2.54. The molecular formula is C27H42O. The van der Waals surface area contributed by atoms with Gasteiger partial charge in [0.1, 0.15) is 0 Å². The largest absolute Gasteiger partial charge is 0.393 e. The molecule has 1 unspecified atom stereocenters. The predicted molar refractivity (Wildman–Crippen MR) is 119 cm³/mol. The van der Waals surface area contributed by atoms with Crippen molar-refractivity contribution in [2.75, 3.05) is 0 Å². The Morgan fingerprint density at radius 1 is 1.18 bits per heavy atom. The van der Waals surface area contributed by atoms with Crippen LogP contribution in [0.2, 0.25) is 0 Å². The minimum absolute atomic E-state index is 0.0502. The number of hydrogen-bond donors (Lipinski definition) is 1. The Morgan fingerprint density at radius 3 is 2.71 bits per heavy atom. The molecule has 0 amide bonds. The number of rotatable bonds is 4. The number of aliphatic hydroxyl groups excluding tert-OH is 1. The Labute approximate surface area is 173 Å². The van der Waals surface area contributed by atoms with Gasteiger partial charge < -0.3 is 5.11 Å². The van der Waals surface area contributed by atoms with Crippen LogP contribution < -0.4 is 0 Å². The monoisotopic (exact) mass is 382 g/mol. The van der Waals surface area contributed by atoms with Crippen molar-refractivity contribution in [2.24, 2.45) is 28.6 Å². The van der Waals surface area contributed by atoms with Crippen molar-refractivity contribution in [1.29, 1.82) is 0 Å². The second-order valence-corrected chi connectivity index (χ2v) is 11.3. The van der Waals surface area contributed by atoms with Crippen LogP contribution in [-0.4, -0.2) is 11.2 Å². The molecule has 1 fully saturated rings. The van der Waals surface area contributed by atoms with Crippen molar-refractivity contribution in [1.82, 2.24) is 0 Å². The lowest BCUT2D eigenvalue weighted by Crippen LogP contribution is -2.44. The Hall–Kier alpha value is -0.820. The number of hydrogen-bond acceptors (Lipinski definition) is 1. The maximum Gasteiger partial charge on any atom is 0.0543 e. The maximum absolute atomic E-state index is 10.2. The first-order chi connectivity index (χ1) is 13.3. The van der Waals surface area contributed by atoms with Crippen LogP contribution in [0.15, 0.2) is 34.4 Å². The van der Waals surface area contributed by atoms with Crippen molar-refractivity contribution in [3.63, 3.8) is 0 Å². The van der Waals surface area contributed by atoms with Gasteiger partial charge in [-0.2, -0.15) is 0 Å². The second kappa shape index (κ2) is 7.46. The minimum Gasteiger partial charge on any atom is -0.393 e. The van der Waals surface area contributed by atoms with Gasteiger partial charge in [-0.15, -0.1) is 0 Å². The first-order valence-electron chi connectivity index (χ1n) is 12.0. The number of fused-ring (bicyclic) bond motifs is 4. The third kappa shape index (κ3) is 3.26. The van der Waals surface area contributed by atoms with Gasteiger partial charge in [0.15, 0.2) is 0 Å². The van der Waals surface area contributed by atoms with E-state index in [2.05, 4.69) is 46.8 Å². The van der Waals surface area contributed by atoms with E-state index in [-0.39, 0.29) is 6.10 Å². The molecule has 1 N–H and O–H groups in total. The summed E-state index contributed by atoms with van der Waals surface area (Å²) in [4.78, 5) is 0. The lowest BCUT2D eigenvalue weighted by molar-refractivity contribution is 0.0225. The fourth-order valence-electron chi connectivity index (χ4n) is 7.57. The van der Waals surface area contributed by atoms with E-state index in [1.165, 1.54) is 56.9 Å². The number of allylic oxidation sites excluding steroid dienone is 6. The smallest absolute Gasteiger partial charge is 0.0543 e. The van der Waals surface area contributed by atoms with Crippen molar-refractivity contribution in [3.05, 3.63) is 34.4 Å². The molecule has 0 saturated heterocycles. The molecule has 0 heterocycles. The quantitative estimate of drug-likeness (QED) is 0.503. The summed E-state index contributed by atoms with van der Waals surface area (Å²) in [6.07, 6.45) is 17.3. The normalized spacial score (nSPS) is 40.9. The summed E-state index contributed by atoms with van der Waals surface area (Å²) in [5, 5.41) is 10.2. The van der Waals surface area contributed by atoms with E-state index in [1.54, 1.807) is 16.7 Å². The van der Waals surface area contributed by atoms with Crippen LogP contribution in [0.4, 0.5) is 0 Å². The predicted octanol–water partition coefficient (Wildman–Crippen LogP) is 7.37. The Morgan fingerprint density at radius 2 is 1.96 bits per heavy atom. The average Bonchev–Trinajstić information content (AvgIpc) is 2.99. The zero-order valence-electron chi connectivity index (χ0n) is 19.0. The molecule has 0 spiro atoms. The molecule has 4 aliphatic carbocycles. The van der Waals surface area contributed by atoms with Gasteiger partial charge in [-0.25, -0.2) is 0 Å². The van der Waals surface area contributed by atoms with E-state index in [4.69, 9.17) is 0 Å². The van der Waals surface area contributed by atoms with Gasteiger partial charge in [0.05, 0.1) is 6.10 Å². The molecule has 0 aromatic heterocycles. The summed E-state index contributed by atoms with van der Waals surface area (Å²) in [5.74, 6) is 2.33. The van der Waals surface area contributed by atoms with Gasteiger partial charge in [-0.1, -0.05) is 44.1 Å². The topological polar surface area (TPSA) is 20.2 Å². The van der Waals surface area contributed by atoms with Gasteiger partial charge >= 0.3 is 0 Å². The van der Waals surface area contributed by atoms with Crippen LogP contribution >= 0.6 is 0 Å². The summed E-state index contributed by atoms with van der Waals surface area (Å²) < 4.78 is 0. The Bertz CT molecular complexity index is 706. The van der Waals surface area contributed by atoms with Crippen LogP contribution in [0.25, 0.3) is 0 Å². The highest BCUT2D eigenvalue weighted by Crippen LogP contribution is 2.64. The lowest BCUT2D eigenvalue weighted by atomic mass is 9.51. The molecule has 28 heavy (non-hydrogen) atoms. The number of aliphatic hydroxyl groups is 1. The minimum atomic E-state index is -0.0502. The van der Waals surface area contributed by atoms with E-state index in [1.807, 2.05) is 0 Å². The summed E-state index contributed by atoms with van der Waals surface area (Å²) in [7, 11) is 0. The van der Waals surface area contributed by atoms with Crippen molar-refractivity contribution < 1.29 is 5.11 Å². The third-order valence-electron chi connectivity index (χ3n) is 9.34. The molecule has 0 aliphatic heterocycles. The molecule has 156 valence electrons. The summed E-state index contributed by atoms with van der Waals surface area (Å²) in [5.41, 5.74) is 7.54. The van der Waals surface area contributed by atoms with Gasteiger partial charge in [0.25, 0.3) is 0 Å². The fraction of sp³-hybridized carbons (Fsp3) is 0.778. The van der Waals surface area contributed by atoms with Gasteiger partial charge in [-0.05, 0) is 118 Å². The van der Waals surface area contributed by atoms with E-state index in [0.717, 1.165) is 24.7 Å². The Kier molecular flexibility index (Phi) is 5.45. The molecule has 4 rings (SSSR count). The van der Waals surface area contributed by atoms with E-state index in [0.29, 0.717) is 16.7 Å². The molecule has 4 aliphatic rings. The van der Waals surface area contributed by atoms with Crippen LogP contribution in [0, 0.1) is 28.6 Å². The van der Waals surface area contributed by atoms with Gasteiger partial charge in [0, 0.05) is 0 Å². The molecule has 0 aromatic carbocycles. The average molecular weight is 383 g/mol. The fourth-order valence-corrected chi connectivity index (χ4v) is 7.57. The van der Waals surface area contributed by atoms with Crippen molar-refractivity contribution >= 4 is 0 Å². The highest BCUT2D eigenvalue weighted by molar-refractivity contribution is 5.49. The van der Waals surface area contributed by atoms with Crippen molar-refractivity contribution in [2.45, 2.75) is 105 Å². The van der Waals surface area contributed by atoms with Crippen LogP contribution in [0.1, 0.15) is 98.8 Å². The van der Waals surface area contributed by atoms with E-state index >= 15 is 0 Å². The third-order valence-corrected chi connectivity index (χ3v) is 9.34. The zero-order valence-corrected chi connectivity index (χ0v) is 19.0. The molecular weight excluding hydrogens is 340 g/mol. The molecule has 1 saturated carbocycles. The molecule has 0 radical (unpaired) electrons. The summed E-state index contributed by atoms with van der Waals surface area (Å²) in [6, 6.07) is 0. The van der Waals surface area contributed by atoms with Gasteiger partial charge in [0.2, 0.25) is 0 Å². The summed E-state index contributed by atoms with van der Waals surface area (Å²) in [6.45, 7) is 12.1. The van der Waals surface area contributed by atoms with E-state index in [9.17, 15) is 5.11 Å². The van der Waals surface area contributed by atoms with E-state index < -0.39 is 0 Å². The molecule has 1 heteroatoms. The maximum atomic E-state index is 10.2. The SMILES string of the molecule is CC(C)=CCCC(C)[C@H]1CC=C2C3=C(CC[C@@]21C)[C@@]1(C)CC[C@H](O)C[C@@H]1CC3. The van der Waals surface area contributed by atoms with Gasteiger partial charge in [-0.3, -0.25) is 0 Å². The van der Waals surface area contributed by atoms with Crippen LogP contribution in [0.3, 0.4) is 0 Å². The highest BCUT2D eigenvalue weighted by atomic mass is 16.3. The molecule has 6 atom stereocenters. The summed E-state index contributed by atoms with van der Waals surface area (Å²) >= 11 is 0. The highest BCUT2D eigenvalue weighted by Gasteiger charge is 2.52. The van der Waals surface area contributed by atoms with Crippen molar-refractivity contribution in [3.8, 4) is 0 Å². The Balaban J connectivity index is 1.56. The van der Waals surface area contributed by atoms with Crippen LogP contribution in [-0.2, 0) is 0 Å². The molecule has 0 aromatic rings. The van der Waals surface area contributed by atoms with Crippen LogP contribution in [0.5, 0.6) is 0 Å². The first-order valence-corrected chi connectivity index (χ1v) is 12.0. The molecule has 1 nitrogen and oxygen atoms in total.